The Morgan fingerprint density at radius 2 is 2.06 bits per heavy atom. The molecule has 0 saturated carbocycles. The third-order valence-electron chi connectivity index (χ3n) is 5.28. The third kappa shape index (κ3) is 5.45. The second-order valence-corrected chi connectivity index (χ2v) is 8.71. The van der Waals surface area contributed by atoms with Crippen LogP contribution in [0.4, 0.5) is 10.9 Å². The summed E-state index contributed by atoms with van der Waals surface area (Å²) in [5.41, 5.74) is 1.83. The van der Waals surface area contributed by atoms with Crippen LogP contribution in [-0.2, 0) is 0 Å². The topological polar surface area (TPSA) is 83.7 Å². The van der Waals surface area contributed by atoms with Gasteiger partial charge in [-0.05, 0) is 56.9 Å². The van der Waals surface area contributed by atoms with Crippen LogP contribution < -0.4 is 9.64 Å². The van der Waals surface area contributed by atoms with Gasteiger partial charge in [-0.25, -0.2) is 19.9 Å². The van der Waals surface area contributed by atoms with Gasteiger partial charge in [0.2, 0.25) is 5.13 Å². The molecule has 31 heavy (non-hydrogen) atoms. The average Bonchev–Trinajstić information content (AvgIpc) is 3.20. The molecule has 7 nitrogen and oxygen atoms in total. The lowest BCUT2D eigenvalue weighted by Gasteiger charge is -2.32. The van der Waals surface area contributed by atoms with Crippen LogP contribution in [-0.4, -0.2) is 51.6 Å². The Bertz CT molecular complexity index is 1040. The van der Waals surface area contributed by atoms with Crippen molar-refractivity contribution in [3.63, 3.8) is 0 Å². The van der Waals surface area contributed by atoms with Crippen molar-refractivity contribution < 1.29 is 9.84 Å². The van der Waals surface area contributed by atoms with Crippen LogP contribution in [0.2, 0.25) is 0 Å². The van der Waals surface area contributed by atoms with E-state index in [-0.39, 0.29) is 12.7 Å². The number of aromatic nitrogens is 3. The van der Waals surface area contributed by atoms with Gasteiger partial charge in [0.05, 0.1) is 10.2 Å². The minimum atomic E-state index is -0.189. The van der Waals surface area contributed by atoms with E-state index in [1.807, 2.05) is 44.2 Å². The van der Waals surface area contributed by atoms with Gasteiger partial charge in [-0.2, -0.15) is 0 Å². The summed E-state index contributed by atoms with van der Waals surface area (Å²) in [7, 11) is 0. The number of piperidine rings is 1. The number of ether oxygens (including phenoxy) is 1. The van der Waals surface area contributed by atoms with Gasteiger partial charge < -0.3 is 14.7 Å². The van der Waals surface area contributed by atoms with Crippen molar-refractivity contribution in [1.82, 2.24) is 15.0 Å². The molecule has 0 amide bonds. The van der Waals surface area contributed by atoms with Gasteiger partial charge in [0.15, 0.2) is 5.82 Å². The van der Waals surface area contributed by atoms with Gasteiger partial charge in [-0.3, -0.25) is 0 Å². The SMILES string of the molecule is CC(/C=C\C(C)Oc1nccnc1N1CCC(CO)CC1)=Nc1nc2ccccc2s1. The molecule has 1 aromatic carbocycles. The van der Waals surface area contributed by atoms with Crippen molar-refractivity contribution in [3.8, 4) is 5.88 Å². The molecular formula is C23H27N5O2S. The van der Waals surface area contributed by atoms with E-state index in [4.69, 9.17) is 4.74 Å². The minimum Gasteiger partial charge on any atom is -0.468 e. The number of rotatable bonds is 7. The standard InChI is InChI=1S/C23H27N5O2S/c1-16(26-23-27-19-5-3-4-6-20(19)31-23)7-8-17(2)30-22-21(24-11-12-25-22)28-13-9-18(15-29)10-14-28/h3-8,11-12,17-18,29H,9-10,13-15H2,1-2H3/b8-7-,26-16?. The molecule has 3 aromatic rings. The van der Waals surface area contributed by atoms with Crippen molar-refractivity contribution in [1.29, 1.82) is 0 Å². The molecule has 8 heteroatoms. The molecule has 2 aromatic heterocycles. The molecule has 0 spiro atoms. The summed E-state index contributed by atoms with van der Waals surface area (Å²) in [6, 6.07) is 8.04. The average molecular weight is 438 g/mol. The number of hydrogen-bond acceptors (Lipinski definition) is 8. The molecule has 4 rings (SSSR count). The highest BCUT2D eigenvalue weighted by molar-refractivity contribution is 7.22. The maximum atomic E-state index is 9.36. The van der Waals surface area contributed by atoms with Gasteiger partial charge in [0.1, 0.15) is 6.10 Å². The van der Waals surface area contributed by atoms with E-state index in [9.17, 15) is 5.11 Å². The van der Waals surface area contributed by atoms with Gasteiger partial charge >= 0.3 is 0 Å². The molecule has 3 heterocycles. The van der Waals surface area contributed by atoms with E-state index in [0.717, 1.165) is 52.8 Å². The summed E-state index contributed by atoms with van der Waals surface area (Å²) < 4.78 is 7.21. The molecule has 162 valence electrons. The van der Waals surface area contributed by atoms with Crippen molar-refractivity contribution in [2.45, 2.75) is 32.8 Å². The van der Waals surface area contributed by atoms with E-state index in [1.165, 1.54) is 0 Å². The normalized spacial score (nSPS) is 16.9. The quantitative estimate of drug-likeness (QED) is 0.551. The Labute approximate surface area is 186 Å². The smallest absolute Gasteiger partial charge is 0.258 e. The summed E-state index contributed by atoms with van der Waals surface area (Å²) in [5.74, 6) is 1.67. The third-order valence-corrected chi connectivity index (χ3v) is 6.21. The lowest BCUT2D eigenvalue weighted by atomic mass is 9.98. The van der Waals surface area contributed by atoms with Crippen LogP contribution in [0.25, 0.3) is 10.2 Å². The molecule has 0 bridgehead atoms. The van der Waals surface area contributed by atoms with Crippen molar-refractivity contribution in [2.24, 2.45) is 10.9 Å². The zero-order chi connectivity index (χ0) is 21.6. The zero-order valence-electron chi connectivity index (χ0n) is 17.8. The largest absolute Gasteiger partial charge is 0.468 e. The number of nitrogens with zero attached hydrogens (tertiary/aromatic N) is 5. The minimum absolute atomic E-state index is 0.189. The molecule has 1 N–H and O–H groups in total. The number of aliphatic hydroxyl groups excluding tert-OH is 1. The highest BCUT2D eigenvalue weighted by Crippen LogP contribution is 2.29. The Morgan fingerprint density at radius 1 is 1.29 bits per heavy atom. The number of hydrogen-bond donors (Lipinski definition) is 1. The second-order valence-electron chi connectivity index (χ2n) is 7.70. The van der Waals surface area contributed by atoms with Gasteiger partial charge in [-0.1, -0.05) is 23.5 Å². The summed E-state index contributed by atoms with van der Waals surface area (Å²) in [5, 5.41) is 10.1. The molecular weight excluding hydrogens is 410 g/mol. The fourth-order valence-corrected chi connectivity index (χ4v) is 4.43. The molecule has 0 radical (unpaired) electrons. The Morgan fingerprint density at radius 3 is 2.84 bits per heavy atom. The van der Waals surface area contributed by atoms with Crippen LogP contribution in [0.15, 0.2) is 53.8 Å². The first-order valence-corrected chi connectivity index (χ1v) is 11.4. The van der Waals surface area contributed by atoms with Crippen molar-refractivity contribution in [2.75, 3.05) is 24.6 Å². The van der Waals surface area contributed by atoms with Gasteiger partial charge in [0, 0.05) is 37.8 Å². The van der Waals surface area contributed by atoms with E-state index in [1.54, 1.807) is 23.7 Å². The number of aliphatic imine (C=N–C) groups is 1. The predicted molar refractivity (Wildman–Crippen MR) is 126 cm³/mol. The summed E-state index contributed by atoms with van der Waals surface area (Å²) in [4.78, 5) is 20.2. The Balaban J connectivity index is 1.40. The van der Waals surface area contributed by atoms with Crippen molar-refractivity contribution in [3.05, 3.63) is 48.8 Å². The van der Waals surface area contributed by atoms with Crippen LogP contribution in [0.3, 0.4) is 0 Å². The second kappa shape index (κ2) is 9.98. The van der Waals surface area contributed by atoms with Crippen LogP contribution in [0, 0.1) is 5.92 Å². The number of aliphatic hydroxyl groups is 1. The van der Waals surface area contributed by atoms with E-state index >= 15 is 0 Å². The highest BCUT2D eigenvalue weighted by atomic mass is 32.1. The predicted octanol–water partition coefficient (Wildman–Crippen LogP) is 4.41. The maximum absolute atomic E-state index is 9.36. The highest BCUT2D eigenvalue weighted by Gasteiger charge is 2.23. The first-order chi connectivity index (χ1) is 15.1. The van der Waals surface area contributed by atoms with E-state index < -0.39 is 0 Å². The molecule has 1 atom stereocenters. The molecule has 1 saturated heterocycles. The molecule has 1 fully saturated rings. The number of allylic oxidation sites excluding steroid dienone is 1. The molecule has 1 unspecified atom stereocenters. The first-order valence-electron chi connectivity index (χ1n) is 10.5. The summed E-state index contributed by atoms with van der Waals surface area (Å²) >= 11 is 1.58. The lowest BCUT2D eigenvalue weighted by Crippen LogP contribution is -2.35. The van der Waals surface area contributed by atoms with Crippen LogP contribution in [0.1, 0.15) is 26.7 Å². The van der Waals surface area contributed by atoms with E-state index in [2.05, 4.69) is 30.9 Å². The fraction of sp³-hybridized carbons (Fsp3) is 0.391. The number of thiazole rings is 1. The lowest BCUT2D eigenvalue weighted by molar-refractivity contribution is 0.202. The number of para-hydroxylation sites is 1. The summed E-state index contributed by atoms with van der Waals surface area (Å²) in [6.45, 7) is 5.86. The zero-order valence-corrected chi connectivity index (χ0v) is 18.6. The Hall–Kier alpha value is -2.84. The summed E-state index contributed by atoms with van der Waals surface area (Å²) in [6.07, 6.45) is 8.95. The van der Waals surface area contributed by atoms with Crippen LogP contribution in [0.5, 0.6) is 5.88 Å². The van der Waals surface area contributed by atoms with Gasteiger partial charge in [-0.15, -0.1) is 0 Å². The maximum Gasteiger partial charge on any atom is 0.258 e. The monoisotopic (exact) mass is 437 g/mol. The molecule has 1 aliphatic rings. The molecule has 1 aliphatic heterocycles. The first kappa shape index (κ1) is 21.4. The number of fused-ring (bicyclic) bond motifs is 1. The number of anilines is 1. The fourth-order valence-electron chi connectivity index (χ4n) is 3.53. The Kier molecular flexibility index (Phi) is 6.89. The number of benzene rings is 1. The van der Waals surface area contributed by atoms with Gasteiger partial charge in [0.25, 0.3) is 5.88 Å². The van der Waals surface area contributed by atoms with E-state index in [0.29, 0.717) is 11.8 Å². The van der Waals surface area contributed by atoms with Crippen molar-refractivity contribution >= 4 is 38.2 Å². The van der Waals surface area contributed by atoms with Crippen LogP contribution >= 0.6 is 11.3 Å². The molecule has 0 aliphatic carbocycles.